The second kappa shape index (κ2) is 4.95. The molecule has 0 fully saturated rings. The van der Waals surface area contributed by atoms with Crippen LogP contribution in [0.4, 0.5) is 10.2 Å². The Hall–Kier alpha value is -2.24. The maximum atomic E-state index is 12.7. The van der Waals surface area contributed by atoms with Gasteiger partial charge in [0.05, 0.1) is 5.56 Å². The number of carboxylic acids is 1. The van der Waals surface area contributed by atoms with Gasteiger partial charge in [-0.15, -0.1) is 0 Å². The van der Waals surface area contributed by atoms with E-state index in [1.165, 1.54) is 19.2 Å². The van der Waals surface area contributed by atoms with Crippen LogP contribution in [0, 0.1) is 0 Å². The lowest BCUT2D eigenvalue weighted by Crippen LogP contribution is -2.12. The highest BCUT2D eigenvalue weighted by Gasteiger charge is 2.06. The largest absolute Gasteiger partial charge is 0.478 e. The van der Waals surface area contributed by atoms with E-state index in [9.17, 15) is 9.18 Å². The molecular weight excluding hydrogens is 237 g/mol. The van der Waals surface area contributed by atoms with Gasteiger partial charge in [0.1, 0.15) is 12.0 Å². The van der Waals surface area contributed by atoms with E-state index in [1.54, 1.807) is 12.1 Å². The number of pyridine rings is 2. The summed E-state index contributed by atoms with van der Waals surface area (Å²) in [4.78, 5) is 18.9. The fraction of sp³-hybridized carbons (Fsp3) is 0.250. The topological polar surface area (TPSA) is 75.1 Å². The monoisotopic (exact) mass is 249 g/mol. The number of alkyl halides is 1. The molecule has 0 saturated carbocycles. The lowest BCUT2D eigenvalue weighted by atomic mass is 10.2. The number of carboxylic acid groups (broad SMARTS) is 1. The summed E-state index contributed by atoms with van der Waals surface area (Å²) in [7, 11) is 0. The van der Waals surface area contributed by atoms with Crippen molar-refractivity contribution in [3.05, 3.63) is 30.0 Å². The summed E-state index contributed by atoms with van der Waals surface area (Å²) in [6, 6.07) is 4.87. The summed E-state index contributed by atoms with van der Waals surface area (Å²) in [5.74, 6) is -0.513. The molecule has 0 saturated heterocycles. The van der Waals surface area contributed by atoms with Gasteiger partial charge in [-0.05, 0) is 25.1 Å². The van der Waals surface area contributed by atoms with Gasteiger partial charge in [-0.25, -0.2) is 19.2 Å². The second-order valence-electron chi connectivity index (χ2n) is 3.93. The van der Waals surface area contributed by atoms with Crippen LogP contribution in [0.5, 0.6) is 0 Å². The highest BCUT2D eigenvalue weighted by molar-refractivity contribution is 5.91. The molecule has 2 heterocycles. The first kappa shape index (κ1) is 12.2. The molecule has 0 aromatic carbocycles. The van der Waals surface area contributed by atoms with E-state index < -0.39 is 12.1 Å². The number of hydrogen-bond donors (Lipinski definition) is 2. The van der Waals surface area contributed by atoms with Crippen molar-refractivity contribution in [3.63, 3.8) is 0 Å². The molecule has 2 rings (SSSR count). The SMILES string of the molecule is CC(F)CNc1ccc2cc(C(=O)O)cnc2n1. The molecule has 18 heavy (non-hydrogen) atoms. The van der Waals surface area contributed by atoms with Crippen LogP contribution in [0.2, 0.25) is 0 Å². The molecule has 0 bridgehead atoms. The molecule has 0 aliphatic heterocycles. The Morgan fingerprint density at radius 2 is 2.33 bits per heavy atom. The average molecular weight is 249 g/mol. The van der Waals surface area contributed by atoms with E-state index in [4.69, 9.17) is 5.11 Å². The van der Waals surface area contributed by atoms with Gasteiger partial charge < -0.3 is 10.4 Å². The molecule has 6 heteroatoms. The number of rotatable bonds is 4. The van der Waals surface area contributed by atoms with Gasteiger partial charge >= 0.3 is 5.97 Å². The maximum Gasteiger partial charge on any atom is 0.337 e. The Morgan fingerprint density at radius 3 is 3.00 bits per heavy atom. The van der Waals surface area contributed by atoms with E-state index in [-0.39, 0.29) is 12.1 Å². The van der Waals surface area contributed by atoms with Crippen molar-refractivity contribution in [3.8, 4) is 0 Å². The highest BCUT2D eigenvalue weighted by atomic mass is 19.1. The Kier molecular flexibility index (Phi) is 3.36. The van der Waals surface area contributed by atoms with Crippen LogP contribution in [0.3, 0.4) is 0 Å². The van der Waals surface area contributed by atoms with Gasteiger partial charge in [-0.2, -0.15) is 0 Å². The van der Waals surface area contributed by atoms with Crippen LogP contribution in [0.25, 0.3) is 11.0 Å². The van der Waals surface area contributed by atoms with Crippen molar-refractivity contribution >= 4 is 22.8 Å². The summed E-state index contributed by atoms with van der Waals surface area (Å²) >= 11 is 0. The molecule has 2 aromatic heterocycles. The number of fused-ring (bicyclic) bond motifs is 1. The van der Waals surface area contributed by atoms with Gasteiger partial charge in [0.25, 0.3) is 0 Å². The number of anilines is 1. The van der Waals surface area contributed by atoms with Crippen LogP contribution < -0.4 is 5.32 Å². The maximum absolute atomic E-state index is 12.7. The number of nitrogens with one attached hydrogen (secondary N) is 1. The molecular formula is C12H12FN3O2. The van der Waals surface area contributed by atoms with Crippen molar-refractivity contribution in [1.29, 1.82) is 0 Å². The van der Waals surface area contributed by atoms with Crippen LogP contribution in [0.1, 0.15) is 17.3 Å². The minimum Gasteiger partial charge on any atom is -0.478 e. The van der Waals surface area contributed by atoms with E-state index >= 15 is 0 Å². The Morgan fingerprint density at radius 1 is 1.56 bits per heavy atom. The second-order valence-corrected chi connectivity index (χ2v) is 3.93. The first-order chi connectivity index (χ1) is 8.56. The van der Waals surface area contributed by atoms with Gasteiger partial charge in [-0.3, -0.25) is 0 Å². The zero-order valence-corrected chi connectivity index (χ0v) is 9.72. The predicted molar refractivity (Wildman–Crippen MR) is 65.6 cm³/mol. The minimum absolute atomic E-state index is 0.113. The Balaban J connectivity index is 2.29. The molecule has 94 valence electrons. The average Bonchev–Trinajstić information content (AvgIpc) is 2.35. The smallest absolute Gasteiger partial charge is 0.337 e. The zero-order chi connectivity index (χ0) is 13.1. The van der Waals surface area contributed by atoms with Crippen molar-refractivity contribution in [2.24, 2.45) is 0 Å². The van der Waals surface area contributed by atoms with E-state index in [0.717, 1.165) is 0 Å². The molecule has 0 amide bonds. The normalized spacial score (nSPS) is 12.3. The first-order valence-corrected chi connectivity index (χ1v) is 5.44. The van der Waals surface area contributed by atoms with Crippen molar-refractivity contribution < 1.29 is 14.3 Å². The van der Waals surface area contributed by atoms with Crippen LogP contribution in [0.15, 0.2) is 24.4 Å². The lowest BCUT2D eigenvalue weighted by Gasteiger charge is -2.06. The molecule has 0 aliphatic rings. The minimum atomic E-state index is -1.03. The summed E-state index contributed by atoms with van der Waals surface area (Å²) in [5.41, 5.74) is 0.541. The standard InChI is InChI=1S/C12H12FN3O2/c1-7(13)5-14-10-3-2-8-4-9(12(17)18)6-15-11(8)16-10/h2-4,6-7H,5H2,1H3,(H,17,18)(H,14,15,16). The molecule has 2 aromatic rings. The summed E-state index contributed by atoms with van der Waals surface area (Å²) in [6.45, 7) is 1.62. The molecule has 0 radical (unpaired) electrons. The Bertz CT molecular complexity index is 587. The van der Waals surface area contributed by atoms with E-state index in [0.29, 0.717) is 16.9 Å². The van der Waals surface area contributed by atoms with Crippen LogP contribution >= 0.6 is 0 Å². The number of nitrogens with zero attached hydrogens (tertiary/aromatic N) is 2. The summed E-state index contributed by atoms with van der Waals surface area (Å²) in [5, 5.41) is 12.3. The first-order valence-electron chi connectivity index (χ1n) is 5.44. The summed E-state index contributed by atoms with van der Waals surface area (Å²) < 4.78 is 12.7. The van der Waals surface area contributed by atoms with Gasteiger partial charge in [-0.1, -0.05) is 0 Å². The lowest BCUT2D eigenvalue weighted by molar-refractivity contribution is 0.0696. The van der Waals surface area contributed by atoms with Crippen LogP contribution in [-0.2, 0) is 0 Å². The number of aromatic carboxylic acids is 1. The van der Waals surface area contributed by atoms with Crippen molar-refractivity contribution in [2.45, 2.75) is 13.1 Å². The van der Waals surface area contributed by atoms with E-state index in [1.807, 2.05) is 0 Å². The molecule has 0 aliphatic carbocycles. The number of halogens is 1. The number of carbonyl (C=O) groups is 1. The molecule has 1 atom stereocenters. The quantitative estimate of drug-likeness (QED) is 0.867. The van der Waals surface area contributed by atoms with Gasteiger partial charge in [0.15, 0.2) is 5.65 Å². The third kappa shape index (κ3) is 2.71. The Labute approximate surface area is 103 Å². The molecule has 5 nitrogen and oxygen atoms in total. The van der Waals surface area contributed by atoms with Crippen molar-refractivity contribution in [2.75, 3.05) is 11.9 Å². The molecule has 2 N–H and O–H groups in total. The van der Waals surface area contributed by atoms with Gasteiger partial charge in [0, 0.05) is 18.1 Å². The molecule has 0 spiro atoms. The predicted octanol–water partition coefficient (Wildman–Crippen LogP) is 2.10. The molecule has 1 unspecified atom stereocenters. The fourth-order valence-corrected chi connectivity index (χ4v) is 1.47. The van der Waals surface area contributed by atoms with E-state index in [2.05, 4.69) is 15.3 Å². The highest BCUT2D eigenvalue weighted by Crippen LogP contribution is 2.14. The van der Waals surface area contributed by atoms with Crippen LogP contribution in [-0.4, -0.2) is 33.8 Å². The third-order valence-electron chi connectivity index (χ3n) is 2.35. The zero-order valence-electron chi connectivity index (χ0n) is 9.72. The number of hydrogen-bond acceptors (Lipinski definition) is 4. The van der Waals surface area contributed by atoms with Crippen molar-refractivity contribution in [1.82, 2.24) is 9.97 Å². The fourth-order valence-electron chi connectivity index (χ4n) is 1.47. The number of aromatic nitrogens is 2. The van der Waals surface area contributed by atoms with Gasteiger partial charge in [0.2, 0.25) is 0 Å². The third-order valence-corrected chi connectivity index (χ3v) is 2.35. The summed E-state index contributed by atoms with van der Waals surface area (Å²) in [6.07, 6.45) is 0.281.